The minimum atomic E-state index is -1.14. The molecule has 1 saturated carbocycles. The van der Waals surface area contributed by atoms with Gasteiger partial charge in [0.2, 0.25) is 0 Å². The third-order valence-corrected chi connectivity index (χ3v) is 6.11. The van der Waals surface area contributed by atoms with Crippen molar-refractivity contribution in [3.05, 3.63) is 58.1 Å². The number of thiol groups is 1. The summed E-state index contributed by atoms with van der Waals surface area (Å²) >= 11 is 10.2. The van der Waals surface area contributed by atoms with Crippen molar-refractivity contribution in [3.8, 4) is 6.07 Å². The summed E-state index contributed by atoms with van der Waals surface area (Å²) < 4.78 is 30.1. The maximum Gasteiger partial charge on any atom is 0.253 e. The van der Waals surface area contributed by atoms with Crippen LogP contribution in [0.4, 0.5) is 20.2 Å². The maximum absolute atomic E-state index is 14.4. The highest BCUT2D eigenvalue weighted by Gasteiger charge is 2.49. The molecule has 0 heterocycles. The molecule has 30 heavy (non-hydrogen) atoms. The number of anilines is 2. The Balaban J connectivity index is 1.88. The molecule has 0 bridgehead atoms. The fraction of sp³-hybridized carbons (Fsp3) is 0.250. The van der Waals surface area contributed by atoms with Crippen molar-refractivity contribution in [2.75, 3.05) is 16.7 Å². The molecule has 6 nitrogen and oxygen atoms in total. The number of rotatable bonds is 5. The van der Waals surface area contributed by atoms with Crippen LogP contribution in [0.15, 0.2) is 30.3 Å². The zero-order valence-corrected chi connectivity index (χ0v) is 17.5. The van der Waals surface area contributed by atoms with E-state index < -0.39 is 29.0 Å². The number of hydrogen-bond donors (Lipinski definition) is 3. The number of nitrogens with zero attached hydrogens (tertiary/aromatic N) is 2. The van der Waals surface area contributed by atoms with E-state index in [1.165, 1.54) is 35.6 Å². The summed E-state index contributed by atoms with van der Waals surface area (Å²) in [5.74, 6) is -2.79. The summed E-state index contributed by atoms with van der Waals surface area (Å²) in [7, 11) is 1.39. The lowest BCUT2D eigenvalue weighted by atomic mass is 9.75. The molecule has 0 saturated heterocycles. The fourth-order valence-electron chi connectivity index (χ4n) is 3.22. The van der Waals surface area contributed by atoms with Crippen LogP contribution in [0.2, 0.25) is 5.02 Å². The normalized spacial score (nSPS) is 14.3. The van der Waals surface area contributed by atoms with Gasteiger partial charge in [0, 0.05) is 7.05 Å². The Morgan fingerprint density at radius 1 is 1.27 bits per heavy atom. The van der Waals surface area contributed by atoms with Gasteiger partial charge in [-0.1, -0.05) is 24.4 Å². The van der Waals surface area contributed by atoms with Gasteiger partial charge in [-0.3, -0.25) is 9.59 Å². The second-order valence-corrected chi connectivity index (χ2v) is 7.57. The highest BCUT2D eigenvalue weighted by atomic mass is 35.5. The summed E-state index contributed by atoms with van der Waals surface area (Å²) in [5.41, 5.74) is -1.22. The van der Waals surface area contributed by atoms with E-state index >= 15 is 0 Å². The van der Waals surface area contributed by atoms with Crippen molar-refractivity contribution >= 4 is 47.6 Å². The molecule has 0 aromatic heterocycles. The van der Waals surface area contributed by atoms with Gasteiger partial charge < -0.3 is 14.9 Å². The fourth-order valence-corrected chi connectivity index (χ4v) is 3.84. The molecule has 2 amide bonds. The van der Waals surface area contributed by atoms with E-state index in [0.717, 1.165) is 12.5 Å². The average Bonchev–Trinajstić information content (AvgIpc) is 2.70. The second kappa shape index (κ2) is 8.50. The highest BCUT2D eigenvalue weighted by molar-refractivity contribution is 7.82. The summed E-state index contributed by atoms with van der Waals surface area (Å²) in [6, 6.07) is 8.22. The molecule has 1 aliphatic rings. The first-order valence-electron chi connectivity index (χ1n) is 8.95. The zero-order chi connectivity index (χ0) is 22.1. The van der Waals surface area contributed by atoms with E-state index in [4.69, 9.17) is 16.9 Å². The number of amides is 2. The van der Waals surface area contributed by atoms with E-state index in [1.54, 1.807) is 6.07 Å². The minimum absolute atomic E-state index is 0.0481. The Kier molecular flexibility index (Phi) is 6.19. The van der Waals surface area contributed by atoms with Gasteiger partial charge in [-0.05, 0) is 49.6 Å². The number of nitriles is 1. The Morgan fingerprint density at radius 2 is 1.97 bits per heavy atom. The van der Waals surface area contributed by atoms with Crippen LogP contribution >= 0.6 is 24.4 Å². The summed E-state index contributed by atoms with van der Waals surface area (Å²) in [4.78, 5) is 24.7. The van der Waals surface area contributed by atoms with Crippen molar-refractivity contribution in [1.82, 2.24) is 5.32 Å². The van der Waals surface area contributed by atoms with Crippen molar-refractivity contribution in [1.29, 1.82) is 5.26 Å². The first-order chi connectivity index (χ1) is 14.2. The van der Waals surface area contributed by atoms with Gasteiger partial charge in [-0.25, -0.2) is 8.78 Å². The quantitative estimate of drug-likeness (QED) is 0.600. The minimum Gasteiger partial charge on any atom is -0.355 e. The van der Waals surface area contributed by atoms with Crippen molar-refractivity contribution in [3.63, 3.8) is 0 Å². The first-order valence-corrected chi connectivity index (χ1v) is 9.73. The third-order valence-electron chi connectivity index (χ3n) is 5.13. The van der Waals surface area contributed by atoms with Gasteiger partial charge in [0.1, 0.15) is 17.4 Å². The van der Waals surface area contributed by atoms with E-state index in [9.17, 15) is 18.4 Å². The molecule has 156 valence electrons. The topological polar surface area (TPSA) is 85.2 Å². The molecule has 2 aromatic rings. The second-order valence-electron chi connectivity index (χ2n) is 6.79. The van der Waals surface area contributed by atoms with Crippen molar-refractivity contribution in [2.45, 2.75) is 24.8 Å². The average molecular weight is 451 g/mol. The van der Waals surface area contributed by atoms with Crippen LogP contribution in [0, 0.1) is 23.0 Å². The number of nitrogens with one attached hydrogen (secondary N) is 2. The largest absolute Gasteiger partial charge is 0.355 e. The standard InChI is InChI=1S/C20H17ClF2N4O2S/c1-25-18(28)13-5-4-12(9-14(13)22)27(30)20(7-2-8-20)19(29)26-15-6-3-11(10-24)16(21)17(15)23/h3-6,9,30H,2,7-8H2,1H3,(H,25,28)(H,26,29). The third kappa shape index (κ3) is 3.68. The molecule has 2 N–H and O–H groups in total. The van der Waals surface area contributed by atoms with E-state index in [0.29, 0.717) is 12.8 Å². The lowest BCUT2D eigenvalue weighted by Gasteiger charge is -2.47. The Bertz CT molecular complexity index is 1070. The predicted molar refractivity (Wildman–Crippen MR) is 113 cm³/mol. The Labute approximate surface area is 182 Å². The van der Waals surface area contributed by atoms with Crippen LogP contribution < -0.4 is 14.9 Å². The summed E-state index contributed by atoms with van der Waals surface area (Å²) in [6.07, 6.45) is 1.54. The van der Waals surface area contributed by atoms with E-state index in [-0.39, 0.29) is 27.5 Å². The summed E-state index contributed by atoms with van der Waals surface area (Å²) in [5, 5.41) is 13.4. The molecule has 1 fully saturated rings. The van der Waals surface area contributed by atoms with Crippen LogP contribution in [0.25, 0.3) is 0 Å². The molecule has 1 aliphatic carbocycles. The Hall–Kier alpha value is -2.83. The van der Waals surface area contributed by atoms with Crippen LogP contribution in [0.1, 0.15) is 35.2 Å². The zero-order valence-electron chi connectivity index (χ0n) is 15.8. The van der Waals surface area contributed by atoms with Crippen LogP contribution in [0.3, 0.4) is 0 Å². The van der Waals surface area contributed by atoms with Crippen LogP contribution in [-0.2, 0) is 4.79 Å². The van der Waals surface area contributed by atoms with Gasteiger partial charge in [0.15, 0.2) is 5.82 Å². The van der Waals surface area contributed by atoms with Crippen molar-refractivity contribution in [2.24, 2.45) is 0 Å². The molecule has 0 spiro atoms. The molecular weight excluding hydrogens is 434 g/mol. The van der Waals surface area contributed by atoms with Gasteiger partial charge >= 0.3 is 0 Å². The van der Waals surface area contributed by atoms with E-state index in [1.807, 2.05) is 0 Å². The number of hydrogen-bond acceptors (Lipinski definition) is 5. The lowest BCUT2D eigenvalue weighted by Crippen LogP contribution is -2.58. The number of carbonyl (C=O) groups excluding carboxylic acids is 2. The molecule has 2 aromatic carbocycles. The lowest BCUT2D eigenvalue weighted by molar-refractivity contribution is -0.123. The number of benzene rings is 2. The molecule has 0 radical (unpaired) electrons. The molecular formula is C20H17ClF2N4O2S. The van der Waals surface area contributed by atoms with Gasteiger partial charge in [-0.2, -0.15) is 5.26 Å². The molecule has 3 rings (SSSR count). The smallest absolute Gasteiger partial charge is 0.253 e. The SMILES string of the molecule is CNC(=O)c1ccc(N(S)C2(C(=O)Nc3ccc(C#N)c(Cl)c3F)CCC2)cc1F. The van der Waals surface area contributed by atoms with E-state index in [2.05, 4.69) is 23.4 Å². The highest BCUT2D eigenvalue weighted by Crippen LogP contribution is 2.43. The molecule has 0 atom stereocenters. The Morgan fingerprint density at radius 3 is 2.50 bits per heavy atom. The molecule has 0 aliphatic heterocycles. The first kappa shape index (κ1) is 21.9. The molecule has 0 unspecified atom stereocenters. The maximum atomic E-state index is 14.4. The molecule has 10 heteroatoms. The van der Waals surface area contributed by atoms with Crippen LogP contribution in [0.5, 0.6) is 0 Å². The number of carbonyl (C=O) groups is 2. The van der Waals surface area contributed by atoms with Crippen LogP contribution in [-0.4, -0.2) is 24.4 Å². The van der Waals surface area contributed by atoms with Crippen molar-refractivity contribution < 1.29 is 18.4 Å². The predicted octanol–water partition coefficient (Wildman–Crippen LogP) is 4.06. The summed E-state index contributed by atoms with van der Waals surface area (Å²) in [6.45, 7) is 0. The van der Waals surface area contributed by atoms with Gasteiger partial charge in [-0.15, -0.1) is 0 Å². The monoisotopic (exact) mass is 450 g/mol. The van der Waals surface area contributed by atoms with Gasteiger partial charge in [0.25, 0.3) is 11.8 Å². The van der Waals surface area contributed by atoms with Gasteiger partial charge in [0.05, 0.1) is 27.5 Å². The number of halogens is 3.